The molecule has 6 nitrogen and oxygen atoms in total. The molecule has 0 saturated carbocycles. The number of carbonyl (C=O) groups is 3. The normalized spacial score (nSPS) is 12.7. The molecule has 0 spiro atoms. The molecule has 1 unspecified atom stereocenters. The van der Waals surface area contributed by atoms with Gasteiger partial charge in [0.2, 0.25) is 0 Å². The lowest BCUT2D eigenvalue weighted by atomic mass is 10.0. The minimum atomic E-state index is -0.793. The van der Waals surface area contributed by atoms with Gasteiger partial charge in [0, 0.05) is 19.3 Å². The van der Waals surface area contributed by atoms with Crippen LogP contribution in [-0.4, -0.2) is 37.2 Å². The predicted octanol–water partition coefficient (Wildman–Crippen LogP) is 24.0. The van der Waals surface area contributed by atoms with Gasteiger partial charge in [-0.05, 0) is 122 Å². The standard InChI is InChI=1S/C75H130O6/c1-4-7-10-13-16-19-22-25-27-29-31-33-34-35-36-37-38-39-40-42-43-45-47-50-53-56-59-62-65-68-74(77)80-71-72(70-79-73(76)67-64-61-58-55-52-49-24-21-18-15-12-9-6-3)81-75(78)69-66-63-60-57-54-51-48-46-44-41-32-30-28-26-23-20-17-14-11-8-5-2/h12,15,21-26,29-32,34-35,44,46,72H,4-11,13-14,16-20,27-28,33,36-43,45,47-71H2,1-3H3/b15-12-,24-21-,25-22-,26-23-,31-29-,32-30-,35-34-,46-44-. The summed E-state index contributed by atoms with van der Waals surface area (Å²) in [6.07, 6.45) is 92.9. The fraction of sp³-hybridized carbons (Fsp3) is 0.747. The van der Waals surface area contributed by atoms with E-state index in [2.05, 4.69) is 118 Å². The second-order valence-corrected chi connectivity index (χ2v) is 23.1. The summed E-state index contributed by atoms with van der Waals surface area (Å²) in [7, 11) is 0. The van der Waals surface area contributed by atoms with Crippen LogP contribution in [0, 0.1) is 0 Å². The van der Waals surface area contributed by atoms with E-state index in [0.29, 0.717) is 19.3 Å². The molecule has 6 heteroatoms. The summed E-state index contributed by atoms with van der Waals surface area (Å²) in [4.78, 5) is 38.4. The first-order valence-corrected chi connectivity index (χ1v) is 34.7. The van der Waals surface area contributed by atoms with E-state index in [0.717, 1.165) is 128 Å². The summed E-state index contributed by atoms with van der Waals surface area (Å²) in [5, 5.41) is 0. The van der Waals surface area contributed by atoms with Crippen LogP contribution >= 0.6 is 0 Å². The van der Waals surface area contributed by atoms with Crippen molar-refractivity contribution in [3.8, 4) is 0 Å². The highest BCUT2D eigenvalue weighted by Crippen LogP contribution is 2.17. The van der Waals surface area contributed by atoms with Crippen LogP contribution in [0.4, 0.5) is 0 Å². The van der Waals surface area contributed by atoms with Gasteiger partial charge >= 0.3 is 17.9 Å². The van der Waals surface area contributed by atoms with Crippen molar-refractivity contribution >= 4 is 17.9 Å². The highest BCUT2D eigenvalue weighted by atomic mass is 16.6. The Balaban J connectivity index is 4.29. The van der Waals surface area contributed by atoms with Crippen molar-refractivity contribution in [3.63, 3.8) is 0 Å². The number of carbonyl (C=O) groups excluding carboxylic acids is 3. The summed E-state index contributed by atoms with van der Waals surface area (Å²) < 4.78 is 16.9. The molecular formula is C75H130O6. The first-order valence-electron chi connectivity index (χ1n) is 34.7. The van der Waals surface area contributed by atoms with Gasteiger partial charge in [-0.25, -0.2) is 0 Å². The third-order valence-electron chi connectivity index (χ3n) is 15.0. The summed E-state index contributed by atoms with van der Waals surface area (Å²) in [5.74, 6) is -0.903. The first-order chi connectivity index (χ1) is 40.0. The molecule has 0 radical (unpaired) electrons. The summed E-state index contributed by atoms with van der Waals surface area (Å²) in [6, 6.07) is 0. The van der Waals surface area contributed by atoms with E-state index < -0.39 is 6.10 Å². The second-order valence-electron chi connectivity index (χ2n) is 23.1. The van der Waals surface area contributed by atoms with E-state index in [1.165, 1.54) is 173 Å². The Kier molecular flexibility index (Phi) is 65.7. The second kappa shape index (κ2) is 68.8. The molecule has 0 amide bonds. The van der Waals surface area contributed by atoms with Gasteiger partial charge in [0.25, 0.3) is 0 Å². The molecule has 1 atom stereocenters. The third-order valence-corrected chi connectivity index (χ3v) is 15.0. The van der Waals surface area contributed by atoms with Gasteiger partial charge in [0.15, 0.2) is 6.10 Å². The minimum Gasteiger partial charge on any atom is -0.462 e. The Labute approximate surface area is 502 Å². The van der Waals surface area contributed by atoms with Crippen molar-refractivity contribution in [2.24, 2.45) is 0 Å². The average Bonchev–Trinajstić information content (AvgIpc) is 3.46. The molecule has 0 saturated heterocycles. The number of allylic oxidation sites excluding steroid dienone is 16. The van der Waals surface area contributed by atoms with Crippen molar-refractivity contribution in [3.05, 3.63) is 97.2 Å². The zero-order valence-electron chi connectivity index (χ0n) is 53.5. The molecule has 0 aliphatic rings. The van der Waals surface area contributed by atoms with Gasteiger partial charge in [0.1, 0.15) is 13.2 Å². The molecule has 0 aliphatic carbocycles. The fourth-order valence-electron chi connectivity index (χ4n) is 9.79. The molecule has 0 aromatic carbocycles. The van der Waals surface area contributed by atoms with Crippen molar-refractivity contribution in [1.82, 2.24) is 0 Å². The SMILES string of the molecule is CCC/C=C\C/C=C\CCCCCCCC(=O)OCC(COC(=O)CCCCCCCCCCCCCCCC/C=C\C/C=C\C/C=C\CCCCCCC)OC(=O)CCCCCCCC/C=C\C/C=C\C/C=C\CCCCCCC. The van der Waals surface area contributed by atoms with E-state index in [1.807, 2.05) is 0 Å². The zero-order valence-corrected chi connectivity index (χ0v) is 53.5. The van der Waals surface area contributed by atoms with E-state index in [9.17, 15) is 14.4 Å². The van der Waals surface area contributed by atoms with Crippen molar-refractivity contribution in [1.29, 1.82) is 0 Å². The van der Waals surface area contributed by atoms with Crippen LogP contribution in [0.25, 0.3) is 0 Å². The van der Waals surface area contributed by atoms with Crippen molar-refractivity contribution < 1.29 is 28.6 Å². The lowest BCUT2D eigenvalue weighted by Gasteiger charge is -2.18. The number of hydrogen-bond acceptors (Lipinski definition) is 6. The molecule has 0 bridgehead atoms. The van der Waals surface area contributed by atoms with Crippen molar-refractivity contribution in [2.75, 3.05) is 13.2 Å². The van der Waals surface area contributed by atoms with Gasteiger partial charge in [-0.15, -0.1) is 0 Å². The predicted molar refractivity (Wildman–Crippen MR) is 353 cm³/mol. The minimum absolute atomic E-state index is 0.0867. The van der Waals surface area contributed by atoms with Crippen LogP contribution in [0.5, 0.6) is 0 Å². The number of rotatable bonds is 63. The van der Waals surface area contributed by atoms with Crippen LogP contribution in [0.2, 0.25) is 0 Å². The smallest absolute Gasteiger partial charge is 0.306 e. The van der Waals surface area contributed by atoms with E-state index in [-0.39, 0.29) is 31.1 Å². The monoisotopic (exact) mass is 1130 g/mol. The summed E-state index contributed by atoms with van der Waals surface area (Å²) in [5.41, 5.74) is 0. The third kappa shape index (κ3) is 67.0. The Bertz CT molecular complexity index is 1580. The molecule has 0 aromatic heterocycles. The summed E-state index contributed by atoms with van der Waals surface area (Å²) >= 11 is 0. The molecule has 0 heterocycles. The molecule has 0 aromatic rings. The van der Waals surface area contributed by atoms with Gasteiger partial charge < -0.3 is 14.2 Å². The Morgan fingerprint density at radius 1 is 0.247 bits per heavy atom. The maximum absolute atomic E-state index is 12.9. The van der Waals surface area contributed by atoms with Crippen LogP contribution in [-0.2, 0) is 28.6 Å². The maximum Gasteiger partial charge on any atom is 0.306 e. The molecular weight excluding hydrogens is 997 g/mol. The number of hydrogen-bond donors (Lipinski definition) is 0. The Hall–Kier alpha value is -3.67. The van der Waals surface area contributed by atoms with Crippen LogP contribution < -0.4 is 0 Å². The topological polar surface area (TPSA) is 78.9 Å². The largest absolute Gasteiger partial charge is 0.462 e. The van der Waals surface area contributed by atoms with Gasteiger partial charge in [-0.1, -0.05) is 298 Å². The van der Waals surface area contributed by atoms with Crippen LogP contribution in [0.1, 0.15) is 342 Å². The average molecular weight is 1130 g/mol. The molecule has 0 aliphatic heterocycles. The molecule has 466 valence electrons. The summed E-state index contributed by atoms with van der Waals surface area (Å²) in [6.45, 7) is 6.56. The molecule has 81 heavy (non-hydrogen) atoms. The Morgan fingerprint density at radius 3 is 0.741 bits per heavy atom. The Morgan fingerprint density at radius 2 is 0.469 bits per heavy atom. The van der Waals surface area contributed by atoms with Gasteiger partial charge in [0.05, 0.1) is 0 Å². The van der Waals surface area contributed by atoms with Crippen molar-refractivity contribution in [2.45, 2.75) is 348 Å². The van der Waals surface area contributed by atoms with Crippen LogP contribution in [0.15, 0.2) is 97.2 Å². The lowest BCUT2D eigenvalue weighted by molar-refractivity contribution is -0.167. The van der Waals surface area contributed by atoms with Gasteiger partial charge in [-0.3, -0.25) is 14.4 Å². The lowest BCUT2D eigenvalue weighted by Crippen LogP contribution is -2.30. The molecule has 0 N–H and O–H groups in total. The van der Waals surface area contributed by atoms with E-state index in [4.69, 9.17) is 14.2 Å². The molecule has 0 rings (SSSR count). The number of ether oxygens (including phenoxy) is 3. The quantitative estimate of drug-likeness (QED) is 0.0261. The zero-order chi connectivity index (χ0) is 58.5. The van der Waals surface area contributed by atoms with Gasteiger partial charge in [-0.2, -0.15) is 0 Å². The maximum atomic E-state index is 12.9. The first kappa shape index (κ1) is 77.3. The number of esters is 3. The molecule has 0 fully saturated rings. The van der Waals surface area contributed by atoms with Crippen LogP contribution in [0.3, 0.4) is 0 Å². The highest BCUT2D eigenvalue weighted by Gasteiger charge is 2.19. The fourth-order valence-corrected chi connectivity index (χ4v) is 9.79. The van der Waals surface area contributed by atoms with E-state index in [1.54, 1.807) is 0 Å². The highest BCUT2D eigenvalue weighted by molar-refractivity contribution is 5.71. The van der Waals surface area contributed by atoms with E-state index >= 15 is 0 Å². The number of unbranched alkanes of at least 4 members (excludes halogenated alkanes) is 36.